The number of hydrogen-bond donors (Lipinski definition) is 1. The maximum atomic E-state index is 10.4. The van der Waals surface area contributed by atoms with Gasteiger partial charge in [-0.05, 0) is 56.2 Å². The molecule has 1 saturated carbocycles. The third kappa shape index (κ3) is 3.03. The lowest BCUT2D eigenvalue weighted by molar-refractivity contribution is 0.0834. The fourth-order valence-electron chi connectivity index (χ4n) is 4.02. The molecule has 2 aliphatic rings. The molecule has 3 atom stereocenters. The van der Waals surface area contributed by atoms with Gasteiger partial charge in [0, 0.05) is 17.6 Å². The SMILES string of the molecule is OC(CCN1CCCC2CCCC21)c1ccccc1Cl. The Balaban J connectivity index is 1.57. The van der Waals surface area contributed by atoms with Gasteiger partial charge in [-0.2, -0.15) is 0 Å². The van der Waals surface area contributed by atoms with Crippen molar-refractivity contribution in [3.63, 3.8) is 0 Å². The van der Waals surface area contributed by atoms with Crippen molar-refractivity contribution in [3.8, 4) is 0 Å². The number of aliphatic hydroxyl groups excluding tert-OH is 1. The second kappa shape index (κ2) is 6.46. The molecular weight excluding hydrogens is 270 g/mol. The number of piperidine rings is 1. The Morgan fingerprint density at radius 1 is 1.20 bits per heavy atom. The molecular formula is C17H24ClNO. The molecule has 2 nitrogen and oxygen atoms in total. The van der Waals surface area contributed by atoms with E-state index in [4.69, 9.17) is 11.6 Å². The molecule has 0 radical (unpaired) electrons. The van der Waals surface area contributed by atoms with E-state index in [-0.39, 0.29) is 0 Å². The quantitative estimate of drug-likeness (QED) is 0.906. The Morgan fingerprint density at radius 2 is 2.00 bits per heavy atom. The van der Waals surface area contributed by atoms with Gasteiger partial charge < -0.3 is 10.0 Å². The lowest BCUT2D eigenvalue weighted by atomic mass is 9.91. The molecule has 1 N–H and O–H groups in total. The number of nitrogens with zero attached hydrogens (tertiary/aromatic N) is 1. The first-order valence-electron chi connectivity index (χ1n) is 7.92. The first-order chi connectivity index (χ1) is 9.75. The number of aliphatic hydroxyl groups is 1. The van der Waals surface area contributed by atoms with Crippen LogP contribution in [0.4, 0.5) is 0 Å². The van der Waals surface area contributed by atoms with Crippen LogP contribution in [0.3, 0.4) is 0 Å². The Morgan fingerprint density at radius 3 is 2.85 bits per heavy atom. The lowest BCUT2D eigenvalue weighted by Crippen LogP contribution is -2.43. The molecule has 3 rings (SSSR count). The van der Waals surface area contributed by atoms with E-state index in [2.05, 4.69) is 4.90 Å². The fourth-order valence-corrected chi connectivity index (χ4v) is 4.29. The minimum absolute atomic E-state index is 0.439. The fraction of sp³-hybridized carbons (Fsp3) is 0.647. The average molecular weight is 294 g/mol. The number of benzene rings is 1. The normalized spacial score (nSPS) is 28.3. The molecule has 3 heteroatoms. The summed E-state index contributed by atoms with van der Waals surface area (Å²) in [5.41, 5.74) is 0.870. The molecule has 110 valence electrons. The van der Waals surface area contributed by atoms with Gasteiger partial charge in [0.05, 0.1) is 6.10 Å². The third-order valence-corrected chi connectivity index (χ3v) is 5.41. The zero-order valence-corrected chi connectivity index (χ0v) is 12.7. The second-order valence-corrected chi connectivity index (χ2v) is 6.67. The van der Waals surface area contributed by atoms with E-state index in [0.29, 0.717) is 5.02 Å². The second-order valence-electron chi connectivity index (χ2n) is 6.26. The van der Waals surface area contributed by atoms with Gasteiger partial charge in [-0.15, -0.1) is 0 Å². The maximum Gasteiger partial charge on any atom is 0.0816 e. The van der Waals surface area contributed by atoms with Crippen LogP contribution in [-0.4, -0.2) is 29.1 Å². The van der Waals surface area contributed by atoms with Gasteiger partial charge in [0.25, 0.3) is 0 Å². The van der Waals surface area contributed by atoms with Crippen LogP contribution in [0.5, 0.6) is 0 Å². The van der Waals surface area contributed by atoms with Crippen molar-refractivity contribution < 1.29 is 5.11 Å². The predicted octanol–water partition coefficient (Wildman–Crippen LogP) is 4.03. The van der Waals surface area contributed by atoms with E-state index in [1.165, 1.54) is 38.6 Å². The summed E-state index contributed by atoms with van der Waals surface area (Å²) in [4.78, 5) is 2.61. The molecule has 1 aromatic rings. The summed E-state index contributed by atoms with van der Waals surface area (Å²) in [6.45, 7) is 2.20. The minimum Gasteiger partial charge on any atom is -0.388 e. The molecule has 3 unspecified atom stereocenters. The highest BCUT2D eigenvalue weighted by Gasteiger charge is 2.34. The average Bonchev–Trinajstić information content (AvgIpc) is 2.94. The molecule has 1 aliphatic carbocycles. The summed E-state index contributed by atoms with van der Waals surface area (Å²) >= 11 is 6.16. The Labute approximate surface area is 126 Å². The highest BCUT2D eigenvalue weighted by atomic mass is 35.5. The molecule has 0 bridgehead atoms. The zero-order chi connectivity index (χ0) is 13.9. The topological polar surface area (TPSA) is 23.5 Å². The molecule has 1 heterocycles. The maximum absolute atomic E-state index is 10.4. The van der Waals surface area contributed by atoms with Crippen LogP contribution in [0.25, 0.3) is 0 Å². The number of rotatable bonds is 4. The molecule has 2 fully saturated rings. The number of hydrogen-bond acceptors (Lipinski definition) is 2. The monoisotopic (exact) mass is 293 g/mol. The van der Waals surface area contributed by atoms with Crippen molar-refractivity contribution in [2.75, 3.05) is 13.1 Å². The van der Waals surface area contributed by atoms with Gasteiger partial charge in [0.2, 0.25) is 0 Å². The van der Waals surface area contributed by atoms with Gasteiger partial charge >= 0.3 is 0 Å². The van der Waals surface area contributed by atoms with Crippen LogP contribution in [0.15, 0.2) is 24.3 Å². The van der Waals surface area contributed by atoms with Crippen molar-refractivity contribution in [2.45, 2.75) is 50.7 Å². The van der Waals surface area contributed by atoms with Crippen LogP contribution in [-0.2, 0) is 0 Å². The highest BCUT2D eigenvalue weighted by molar-refractivity contribution is 6.31. The first-order valence-corrected chi connectivity index (χ1v) is 8.30. The van der Waals surface area contributed by atoms with Crippen LogP contribution < -0.4 is 0 Å². The van der Waals surface area contributed by atoms with Crippen molar-refractivity contribution in [2.24, 2.45) is 5.92 Å². The smallest absolute Gasteiger partial charge is 0.0816 e. The van der Waals surface area contributed by atoms with E-state index < -0.39 is 6.10 Å². The molecule has 0 aromatic heterocycles. The molecule has 20 heavy (non-hydrogen) atoms. The predicted molar refractivity (Wildman–Crippen MR) is 83.0 cm³/mol. The standard InChI is InChI=1S/C17H24ClNO/c18-15-8-2-1-7-14(15)17(20)10-12-19-11-4-6-13-5-3-9-16(13)19/h1-2,7-8,13,16-17,20H,3-6,9-12H2. The molecule has 1 saturated heterocycles. The number of halogens is 1. The van der Waals surface area contributed by atoms with Gasteiger partial charge in [-0.3, -0.25) is 0 Å². The highest BCUT2D eigenvalue weighted by Crippen LogP contribution is 2.37. The van der Waals surface area contributed by atoms with E-state index in [1.807, 2.05) is 24.3 Å². The summed E-state index contributed by atoms with van der Waals surface area (Å²) in [6.07, 6.45) is 7.23. The summed E-state index contributed by atoms with van der Waals surface area (Å²) < 4.78 is 0. The minimum atomic E-state index is -0.439. The van der Waals surface area contributed by atoms with Crippen LogP contribution in [0, 0.1) is 5.92 Å². The Kier molecular flexibility index (Phi) is 4.65. The van der Waals surface area contributed by atoms with E-state index in [0.717, 1.165) is 30.5 Å². The van der Waals surface area contributed by atoms with Crippen LogP contribution >= 0.6 is 11.6 Å². The Bertz CT molecular complexity index is 450. The Hall–Kier alpha value is -0.570. The third-order valence-electron chi connectivity index (χ3n) is 5.06. The van der Waals surface area contributed by atoms with Crippen molar-refractivity contribution in [3.05, 3.63) is 34.9 Å². The molecule has 0 spiro atoms. The van der Waals surface area contributed by atoms with Crippen LogP contribution in [0.2, 0.25) is 5.02 Å². The first kappa shape index (κ1) is 14.4. The van der Waals surface area contributed by atoms with Crippen molar-refractivity contribution in [1.82, 2.24) is 4.90 Å². The zero-order valence-electron chi connectivity index (χ0n) is 12.0. The molecule has 1 aromatic carbocycles. The number of fused-ring (bicyclic) bond motifs is 1. The van der Waals surface area contributed by atoms with Gasteiger partial charge in [0.15, 0.2) is 0 Å². The summed E-state index contributed by atoms with van der Waals surface area (Å²) in [6, 6.07) is 8.42. The number of likely N-dealkylation sites (tertiary alicyclic amines) is 1. The van der Waals surface area contributed by atoms with Crippen LogP contribution in [0.1, 0.15) is 50.2 Å². The lowest BCUT2D eigenvalue weighted by Gasteiger charge is -2.38. The van der Waals surface area contributed by atoms with Crippen molar-refractivity contribution >= 4 is 11.6 Å². The van der Waals surface area contributed by atoms with Crippen molar-refractivity contribution in [1.29, 1.82) is 0 Å². The summed E-state index contributed by atoms with van der Waals surface area (Å²) in [7, 11) is 0. The van der Waals surface area contributed by atoms with Gasteiger partial charge in [0.1, 0.15) is 0 Å². The van der Waals surface area contributed by atoms with E-state index >= 15 is 0 Å². The van der Waals surface area contributed by atoms with Gasteiger partial charge in [-0.25, -0.2) is 0 Å². The molecule has 1 aliphatic heterocycles. The largest absolute Gasteiger partial charge is 0.388 e. The van der Waals surface area contributed by atoms with E-state index in [1.54, 1.807) is 0 Å². The molecule has 0 amide bonds. The van der Waals surface area contributed by atoms with E-state index in [9.17, 15) is 5.11 Å². The van der Waals surface area contributed by atoms with Gasteiger partial charge in [-0.1, -0.05) is 36.2 Å². The summed E-state index contributed by atoms with van der Waals surface area (Å²) in [5, 5.41) is 11.0. The summed E-state index contributed by atoms with van der Waals surface area (Å²) in [5.74, 6) is 0.918.